The zero-order valence-electron chi connectivity index (χ0n) is 16.5. The van der Waals surface area contributed by atoms with Crippen LogP contribution in [-0.4, -0.2) is 106 Å². The van der Waals surface area contributed by atoms with Crippen LogP contribution in [0.25, 0.3) is 0 Å². The van der Waals surface area contributed by atoms with Crippen LogP contribution in [0.3, 0.4) is 0 Å². The molecule has 4 atom stereocenters. The fraction of sp³-hybridized carbons (Fsp3) is 0.600. The third-order valence-corrected chi connectivity index (χ3v) is 3.16. The van der Waals surface area contributed by atoms with Crippen molar-refractivity contribution in [3.63, 3.8) is 0 Å². The van der Waals surface area contributed by atoms with Crippen molar-refractivity contribution in [3.05, 3.63) is 22.7 Å². The normalized spacial score (nSPS) is 24.6. The van der Waals surface area contributed by atoms with Gasteiger partial charge in [-0.2, -0.15) is 4.98 Å². The van der Waals surface area contributed by atoms with E-state index < -0.39 is 66.4 Å². The number of rotatable bonds is 3. The number of aromatic nitrogens is 2. The molecule has 1 aliphatic rings. The molecule has 0 bridgehead atoms. The summed E-state index contributed by atoms with van der Waals surface area (Å²) in [5, 5.41) is 38.2. The monoisotopic (exact) mass is 567 g/mol. The zero-order chi connectivity index (χ0) is 27.7. The quantitative estimate of drug-likeness (QED) is 0.151. The number of nitrogens with zero attached hydrogens (tertiary/aromatic N) is 2. The second-order valence-corrected chi connectivity index (χ2v) is 8.90. The van der Waals surface area contributed by atoms with Crippen molar-refractivity contribution in [2.45, 2.75) is 24.0 Å². The van der Waals surface area contributed by atoms with Gasteiger partial charge in [0.25, 0.3) is 0 Å². The van der Waals surface area contributed by atoms with Gasteiger partial charge in [0.05, 0.1) is 13.2 Å². The highest BCUT2D eigenvalue weighted by Crippen LogP contribution is 2.34. The Bertz CT molecular complexity index is 882. The van der Waals surface area contributed by atoms with Crippen LogP contribution in [0.15, 0.2) is 17.1 Å². The van der Waals surface area contributed by atoms with E-state index in [2.05, 4.69) is 4.98 Å². The molecule has 0 aromatic carbocycles. The molecule has 15 N–H and O–H groups in total. The predicted molar refractivity (Wildman–Crippen MR) is 105 cm³/mol. The van der Waals surface area contributed by atoms with Crippen molar-refractivity contribution in [1.82, 2.24) is 9.55 Å². The third-order valence-electron chi connectivity index (χ3n) is 3.16. The molecule has 1 aromatic rings. The highest BCUT2D eigenvalue weighted by atomic mass is 31.2. The van der Waals surface area contributed by atoms with Gasteiger partial charge in [-0.05, 0) is 6.07 Å². The van der Waals surface area contributed by atoms with Crippen LogP contribution >= 0.6 is 23.5 Å². The Morgan fingerprint density at radius 3 is 1.59 bits per heavy atom. The molecular weight excluding hydrogens is 543 g/mol. The van der Waals surface area contributed by atoms with Crippen LogP contribution < -0.4 is 11.4 Å². The summed E-state index contributed by atoms with van der Waals surface area (Å²) in [5.74, 6) is -0.0268. The maximum Gasteiger partial charge on any atom is 0.466 e. The van der Waals surface area contributed by atoms with E-state index in [1.54, 1.807) is 0 Å². The summed E-state index contributed by atoms with van der Waals surface area (Å²) >= 11 is 0. The minimum Gasteiger partial charge on any atom is -0.394 e. The average molecular weight is 567 g/mol. The molecular formula is C10H24N3O18P3. The van der Waals surface area contributed by atoms with E-state index in [0.717, 1.165) is 4.57 Å². The number of nitrogens with two attached hydrogens (primary N) is 1. The van der Waals surface area contributed by atoms with Gasteiger partial charge >= 0.3 is 29.2 Å². The fourth-order valence-electron chi connectivity index (χ4n) is 2.13. The standard InChI is InChI=1S/C10H15N3O6.3H3O4P/c11-6-1-2-13(9(18)12-6)10(4-15)8(17)7(16)5(3-14)19-10;3*1-5(2,3)4/h1-2,5,7-8,14-17H,3-4H2,(H2,11,12,18);3*(H3,1,2,3,4)/t5-,7-,8-,10-;;;/m1.../s1. The van der Waals surface area contributed by atoms with Crippen LogP contribution in [-0.2, 0) is 24.2 Å². The van der Waals surface area contributed by atoms with E-state index in [0.29, 0.717) is 0 Å². The molecule has 1 saturated heterocycles. The van der Waals surface area contributed by atoms with Crippen molar-refractivity contribution in [2.75, 3.05) is 18.9 Å². The van der Waals surface area contributed by atoms with E-state index in [9.17, 15) is 20.1 Å². The van der Waals surface area contributed by atoms with Crippen LogP contribution in [0.1, 0.15) is 0 Å². The Labute approximate surface area is 188 Å². The molecule has 2 heterocycles. The van der Waals surface area contributed by atoms with Crippen molar-refractivity contribution in [3.8, 4) is 0 Å². The van der Waals surface area contributed by atoms with Crippen LogP contribution in [0.2, 0.25) is 0 Å². The number of aliphatic hydroxyl groups excluding tert-OH is 4. The molecule has 2 rings (SSSR count). The molecule has 0 spiro atoms. The van der Waals surface area contributed by atoms with Crippen molar-refractivity contribution >= 4 is 29.3 Å². The summed E-state index contributed by atoms with van der Waals surface area (Å²) < 4.78 is 32.7. The zero-order valence-corrected chi connectivity index (χ0v) is 19.2. The lowest BCUT2D eigenvalue weighted by Crippen LogP contribution is -2.53. The molecule has 21 nitrogen and oxygen atoms in total. The summed E-state index contributed by atoms with van der Waals surface area (Å²) in [6.45, 7) is -1.36. The Hall–Kier alpha value is -1.19. The van der Waals surface area contributed by atoms with Crippen molar-refractivity contribution < 1.29 is 82.9 Å². The Morgan fingerprint density at radius 1 is 0.941 bits per heavy atom. The van der Waals surface area contributed by atoms with E-state index in [-0.39, 0.29) is 5.82 Å². The highest BCUT2D eigenvalue weighted by Gasteiger charge is 2.55. The van der Waals surface area contributed by atoms with Crippen LogP contribution in [0.4, 0.5) is 5.82 Å². The van der Waals surface area contributed by atoms with E-state index in [1.807, 2.05) is 0 Å². The van der Waals surface area contributed by atoms with Gasteiger partial charge in [-0.15, -0.1) is 0 Å². The van der Waals surface area contributed by atoms with E-state index in [4.69, 9.17) is 73.3 Å². The van der Waals surface area contributed by atoms with Gasteiger partial charge in [-0.1, -0.05) is 0 Å². The van der Waals surface area contributed by atoms with Gasteiger partial charge in [0.1, 0.15) is 24.1 Å². The number of anilines is 1. The summed E-state index contributed by atoms with van der Waals surface area (Å²) in [6.07, 6.45) is -2.97. The van der Waals surface area contributed by atoms with Gasteiger partial charge < -0.3 is 74.9 Å². The molecule has 1 aliphatic heterocycles. The molecule has 202 valence electrons. The first-order valence-corrected chi connectivity index (χ1v) is 12.6. The molecule has 1 fully saturated rings. The number of aliphatic hydroxyl groups is 4. The summed E-state index contributed by atoms with van der Waals surface area (Å²) in [6, 6.07) is 1.29. The lowest BCUT2D eigenvalue weighted by atomic mass is 10.0. The minimum atomic E-state index is -4.64. The minimum absolute atomic E-state index is 0.0268. The van der Waals surface area contributed by atoms with E-state index >= 15 is 0 Å². The topological polar surface area (TPSA) is 384 Å². The number of ether oxygens (including phenoxy) is 1. The summed E-state index contributed by atoms with van der Waals surface area (Å²) in [7, 11) is -13.9. The van der Waals surface area contributed by atoms with Crippen molar-refractivity contribution in [2.24, 2.45) is 0 Å². The second-order valence-electron chi connectivity index (χ2n) is 5.82. The summed E-state index contributed by atoms with van der Waals surface area (Å²) in [5.41, 5.74) is 2.60. The number of hydrogen-bond donors (Lipinski definition) is 14. The van der Waals surface area contributed by atoms with Gasteiger partial charge in [0, 0.05) is 6.20 Å². The van der Waals surface area contributed by atoms with Gasteiger partial charge in [-0.25, -0.2) is 18.5 Å². The van der Waals surface area contributed by atoms with Crippen molar-refractivity contribution in [1.29, 1.82) is 0 Å². The molecule has 0 radical (unpaired) electrons. The second kappa shape index (κ2) is 13.8. The number of phosphoric acid groups is 3. The lowest BCUT2D eigenvalue weighted by Gasteiger charge is -2.31. The third kappa shape index (κ3) is 15.7. The Kier molecular flexibility index (Phi) is 14.2. The molecule has 0 aliphatic carbocycles. The SMILES string of the molecule is Nc1ccn([C@]2(CO)O[C@H](CO)[C@@H](O)[C@H]2O)c(=O)n1.O=P(O)(O)O.O=P(O)(O)O.O=P(O)(O)O. The Morgan fingerprint density at radius 2 is 1.32 bits per heavy atom. The fourth-order valence-corrected chi connectivity index (χ4v) is 2.13. The molecule has 1 aromatic heterocycles. The molecule has 0 unspecified atom stereocenters. The highest BCUT2D eigenvalue weighted by molar-refractivity contribution is 7.45. The summed E-state index contributed by atoms with van der Waals surface area (Å²) in [4.78, 5) is 79.9. The van der Waals surface area contributed by atoms with Gasteiger partial charge in [0.15, 0.2) is 0 Å². The first kappa shape index (κ1) is 35.0. The van der Waals surface area contributed by atoms with Gasteiger partial charge in [0.2, 0.25) is 5.72 Å². The number of nitrogen functional groups attached to an aromatic ring is 1. The molecule has 0 amide bonds. The maximum atomic E-state index is 11.8. The Balaban J connectivity index is 0. The van der Waals surface area contributed by atoms with E-state index in [1.165, 1.54) is 12.3 Å². The molecule has 34 heavy (non-hydrogen) atoms. The first-order chi connectivity index (χ1) is 15.0. The van der Waals surface area contributed by atoms with Gasteiger partial charge in [-0.3, -0.25) is 4.57 Å². The number of hydrogen-bond acceptors (Lipinski definition) is 11. The smallest absolute Gasteiger partial charge is 0.394 e. The van der Waals surface area contributed by atoms with Crippen LogP contribution in [0, 0.1) is 0 Å². The maximum absolute atomic E-state index is 11.8. The predicted octanol–water partition coefficient (Wildman–Crippen LogP) is -6.20. The van der Waals surface area contributed by atoms with Crippen LogP contribution in [0.5, 0.6) is 0 Å². The molecule has 0 saturated carbocycles. The largest absolute Gasteiger partial charge is 0.466 e. The first-order valence-electron chi connectivity index (χ1n) is 7.92. The average Bonchev–Trinajstić information content (AvgIpc) is 2.82. The lowest BCUT2D eigenvalue weighted by molar-refractivity contribution is -0.174. The molecule has 24 heteroatoms.